The van der Waals surface area contributed by atoms with Crippen LogP contribution < -0.4 is 10.5 Å². The van der Waals surface area contributed by atoms with E-state index in [1.165, 1.54) is 0 Å². The van der Waals surface area contributed by atoms with Gasteiger partial charge >= 0.3 is 0 Å². The highest BCUT2D eigenvalue weighted by Gasteiger charge is 2.06. The van der Waals surface area contributed by atoms with Crippen LogP contribution in [0.4, 0.5) is 5.82 Å². The van der Waals surface area contributed by atoms with Gasteiger partial charge in [-0.3, -0.25) is 5.10 Å². The SMILES string of the molecule is C=C(C)COc1ccc(-c2cc(N)n[nH]2)cc1Cl. The van der Waals surface area contributed by atoms with Crippen molar-refractivity contribution < 1.29 is 4.74 Å². The molecule has 0 amide bonds. The molecule has 0 aliphatic rings. The molecule has 0 spiro atoms. The zero-order valence-electron chi connectivity index (χ0n) is 10.0. The Kier molecular flexibility index (Phi) is 3.58. The normalized spacial score (nSPS) is 10.3. The number of aromatic nitrogens is 2. The predicted octanol–water partition coefficient (Wildman–Crippen LogP) is 3.27. The minimum atomic E-state index is 0.448. The summed E-state index contributed by atoms with van der Waals surface area (Å²) >= 11 is 6.15. The van der Waals surface area contributed by atoms with Crippen molar-refractivity contribution in [3.63, 3.8) is 0 Å². The quantitative estimate of drug-likeness (QED) is 0.832. The van der Waals surface area contributed by atoms with E-state index in [-0.39, 0.29) is 0 Å². The van der Waals surface area contributed by atoms with Crippen molar-refractivity contribution in [1.29, 1.82) is 0 Å². The van der Waals surface area contributed by atoms with Gasteiger partial charge in [0.05, 0.1) is 10.7 Å². The van der Waals surface area contributed by atoms with Crippen molar-refractivity contribution in [2.24, 2.45) is 0 Å². The Bertz CT molecular complexity index is 577. The van der Waals surface area contributed by atoms with Crippen LogP contribution in [0, 0.1) is 0 Å². The number of H-pyrrole nitrogens is 1. The van der Waals surface area contributed by atoms with Crippen LogP contribution in [0.2, 0.25) is 5.02 Å². The zero-order chi connectivity index (χ0) is 13.1. The molecule has 0 aliphatic heterocycles. The van der Waals surface area contributed by atoms with Gasteiger partial charge in [-0.15, -0.1) is 0 Å². The molecule has 0 unspecified atom stereocenters. The minimum absolute atomic E-state index is 0.448. The molecule has 0 bridgehead atoms. The van der Waals surface area contributed by atoms with Gasteiger partial charge < -0.3 is 10.5 Å². The second-order valence-corrected chi connectivity index (χ2v) is 4.50. The summed E-state index contributed by atoms with van der Waals surface area (Å²) in [6, 6.07) is 7.27. The van der Waals surface area contributed by atoms with E-state index in [9.17, 15) is 0 Å². The minimum Gasteiger partial charge on any atom is -0.488 e. The molecule has 3 N–H and O–H groups in total. The average Bonchev–Trinajstić information content (AvgIpc) is 2.74. The maximum Gasteiger partial charge on any atom is 0.145 e. The number of hydrogen-bond acceptors (Lipinski definition) is 3. The van der Waals surface area contributed by atoms with E-state index < -0.39 is 0 Å². The Labute approximate surface area is 110 Å². The second-order valence-electron chi connectivity index (χ2n) is 4.10. The second kappa shape index (κ2) is 5.14. The Hall–Kier alpha value is -1.94. The summed E-state index contributed by atoms with van der Waals surface area (Å²) in [6.07, 6.45) is 0. The fraction of sp³-hybridized carbons (Fsp3) is 0.154. The molecule has 94 valence electrons. The zero-order valence-corrected chi connectivity index (χ0v) is 10.8. The van der Waals surface area contributed by atoms with Crippen molar-refractivity contribution >= 4 is 17.4 Å². The van der Waals surface area contributed by atoms with Gasteiger partial charge in [0.2, 0.25) is 0 Å². The topological polar surface area (TPSA) is 63.9 Å². The van der Waals surface area contributed by atoms with Gasteiger partial charge in [0.15, 0.2) is 0 Å². The number of nitrogens with two attached hydrogens (primary N) is 1. The molecule has 18 heavy (non-hydrogen) atoms. The van der Waals surface area contributed by atoms with Crippen LogP contribution in [0.15, 0.2) is 36.4 Å². The first-order valence-electron chi connectivity index (χ1n) is 5.44. The van der Waals surface area contributed by atoms with E-state index in [1.807, 2.05) is 25.1 Å². The van der Waals surface area contributed by atoms with E-state index in [2.05, 4.69) is 16.8 Å². The molecule has 0 radical (unpaired) electrons. The summed E-state index contributed by atoms with van der Waals surface area (Å²) in [5.74, 6) is 1.08. The third-order valence-corrected chi connectivity index (χ3v) is 2.61. The summed E-state index contributed by atoms with van der Waals surface area (Å²) in [4.78, 5) is 0. The highest BCUT2D eigenvalue weighted by molar-refractivity contribution is 6.32. The lowest BCUT2D eigenvalue weighted by molar-refractivity contribution is 0.353. The van der Waals surface area contributed by atoms with E-state index in [0.717, 1.165) is 16.8 Å². The van der Waals surface area contributed by atoms with Gasteiger partial charge in [0.1, 0.15) is 18.2 Å². The van der Waals surface area contributed by atoms with Gasteiger partial charge in [0.25, 0.3) is 0 Å². The summed E-state index contributed by atoms with van der Waals surface area (Å²) in [6.45, 7) is 6.13. The Morgan fingerprint density at radius 1 is 1.50 bits per heavy atom. The van der Waals surface area contributed by atoms with Gasteiger partial charge in [-0.05, 0) is 30.7 Å². The summed E-state index contributed by atoms with van der Waals surface area (Å²) in [7, 11) is 0. The molecule has 0 fully saturated rings. The Morgan fingerprint density at radius 2 is 2.28 bits per heavy atom. The third kappa shape index (κ3) is 2.84. The van der Waals surface area contributed by atoms with Crippen LogP contribution in [-0.4, -0.2) is 16.8 Å². The largest absolute Gasteiger partial charge is 0.488 e. The molecule has 2 rings (SSSR count). The number of rotatable bonds is 4. The smallest absolute Gasteiger partial charge is 0.145 e. The lowest BCUT2D eigenvalue weighted by atomic mass is 10.1. The molecule has 2 aromatic rings. The molecule has 4 nitrogen and oxygen atoms in total. The van der Waals surface area contributed by atoms with Crippen molar-refractivity contribution in [1.82, 2.24) is 10.2 Å². The lowest BCUT2D eigenvalue weighted by Gasteiger charge is -2.08. The lowest BCUT2D eigenvalue weighted by Crippen LogP contribution is -1.98. The monoisotopic (exact) mass is 263 g/mol. The number of hydrogen-bond donors (Lipinski definition) is 2. The van der Waals surface area contributed by atoms with Crippen LogP contribution >= 0.6 is 11.6 Å². The van der Waals surface area contributed by atoms with E-state index in [1.54, 1.807) is 6.07 Å². The molecular formula is C13H14ClN3O. The van der Waals surface area contributed by atoms with Gasteiger partial charge in [-0.2, -0.15) is 5.10 Å². The fourth-order valence-electron chi connectivity index (χ4n) is 1.47. The number of benzene rings is 1. The summed E-state index contributed by atoms with van der Waals surface area (Å²) in [5, 5.41) is 7.24. The number of nitrogens with one attached hydrogen (secondary N) is 1. The van der Waals surface area contributed by atoms with Crippen molar-refractivity contribution in [3.8, 4) is 17.0 Å². The maximum absolute atomic E-state index is 6.15. The first-order valence-corrected chi connectivity index (χ1v) is 5.82. The molecule has 0 atom stereocenters. The molecule has 0 saturated carbocycles. The molecule has 0 aliphatic carbocycles. The van der Waals surface area contributed by atoms with Crippen LogP contribution in [0.25, 0.3) is 11.3 Å². The van der Waals surface area contributed by atoms with Crippen molar-refractivity contribution in [2.75, 3.05) is 12.3 Å². The number of aromatic amines is 1. The maximum atomic E-state index is 6.15. The molecule has 5 heteroatoms. The number of nitrogen functional groups attached to an aromatic ring is 1. The predicted molar refractivity (Wildman–Crippen MR) is 73.8 cm³/mol. The van der Waals surface area contributed by atoms with Crippen molar-refractivity contribution in [2.45, 2.75) is 6.92 Å². The molecule has 1 aromatic carbocycles. The fourth-order valence-corrected chi connectivity index (χ4v) is 1.71. The van der Waals surface area contributed by atoms with E-state index in [0.29, 0.717) is 23.2 Å². The van der Waals surface area contributed by atoms with Gasteiger partial charge in [-0.1, -0.05) is 18.2 Å². The number of anilines is 1. The molecule has 1 heterocycles. The van der Waals surface area contributed by atoms with Crippen LogP contribution in [-0.2, 0) is 0 Å². The first-order chi connectivity index (χ1) is 8.56. The Morgan fingerprint density at radius 3 is 2.83 bits per heavy atom. The van der Waals surface area contributed by atoms with E-state index >= 15 is 0 Å². The molecule has 1 aromatic heterocycles. The third-order valence-electron chi connectivity index (χ3n) is 2.31. The van der Waals surface area contributed by atoms with Crippen LogP contribution in [0.3, 0.4) is 0 Å². The standard InChI is InChI=1S/C13H14ClN3O/c1-8(2)7-18-12-4-3-9(5-10(12)14)11-6-13(15)17-16-11/h3-6H,1,7H2,2H3,(H3,15,16,17). The molecule has 0 saturated heterocycles. The highest BCUT2D eigenvalue weighted by Crippen LogP contribution is 2.30. The van der Waals surface area contributed by atoms with Gasteiger partial charge in [0, 0.05) is 11.6 Å². The number of halogens is 1. The Balaban J connectivity index is 2.22. The molecular weight excluding hydrogens is 250 g/mol. The summed E-state index contributed by atoms with van der Waals surface area (Å²) < 4.78 is 5.51. The van der Waals surface area contributed by atoms with E-state index in [4.69, 9.17) is 22.1 Å². The first kappa shape index (κ1) is 12.5. The van der Waals surface area contributed by atoms with Gasteiger partial charge in [-0.25, -0.2) is 0 Å². The number of ether oxygens (including phenoxy) is 1. The average molecular weight is 264 g/mol. The van der Waals surface area contributed by atoms with Crippen LogP contribution in [0.5, 0.6) is 5.75 Å². The summed E-state index contributed by atoms with van der Waals surface area (Å²) in [5.41, 5.74) is 8.23. The number of nitrogens with zero attached hydrogens (tertiary/aromatic N) is 1. The highest BCUT2D eigenvalue weighted by atomic mass is 35.5. The van der Waals surface area contributed by atoms with Crippen molar-refractivity contribution in [3.05, 3.63) is 41.4 Å². The van der Waals surface area contributed by atoms with Crippen LogP contribution in [0.1, 0.15) is 6.92 Å².